The Morgan fingerprint density at radius 3 is 3.21 bits per heavy atom. The number of carbonyl (C=O) groups excluding carboxylic acids is 1. The summed E-state index contributed by atoms with van der Waals surface area (Å²) in [7, 11) is 0. The fourth-order valence-corrected chi connectivity index (χ4v) is 2.36. The lowest BCUT2D eigenvalue weighted by atomic mass is 9.92. The second-order valence-electron chi connectivity index (χ2n) is 4.72. The first-order valence-electron chi connectivity index (χ1n) is 6.66. The summed E-state index contributed by atoms with van der Waals surface area (Å²) in [5, 5.41) is 2.89. The monoisotopic (exact) mass is 264 g/mol. The first-order chi connectivity index (χ1) is 9.22. The summed E-state index contributed by atoms with van der Waals surface area (Å²) in [4.78, 5) is 20.0. The minimum atomic E-state index is -0.0652. The number of aromatic nitrogens is 2. The number of nitrogens with zero attached hydrogens (tertiary/aromatic N) is 2. The molecular weight excluding hydrogens is 244 g/mol. The molecule has 3 N–H and O–H groups in total. The number of anilines is 1. The summed E-state index contributed by atoms with van der Waals surface area (Å²) in [5.74, 6) is 0.363. The first-order valence-corrected chi connectivity index (χ1v) is 6.66. The van der Waals surface area contributed by atoms with E-state index in [9.17, 15) is 4.79 Å². The highest BCUT2D eigenvalue weighted by Crippen LogP contribution is 2.23. The number of carbonyl (C=O) groups is 1. The van der Waals surface area contributed by atoms with E-state index in [0.29, 0.717) is 12.4 Å². The average molecular weight is 264 g/mol. The molecule has 0 radical (unpaired) electrons. The smallest absolute Gasteiger partial charge is 0.226 e. The van der Waals surface area contributed by atoms with Crippen LogP contribution in [0, 0.1) is 5.92 Å². The molecule has 0 saturated carbocycles. The van der Waals surface area contributed by atoms with Crippen molar-refractivity contribution in [3.05, 3.63) is 18.1 Å². The van der Waals surface area contributed by atoms with Crippen molar-refractivity contribution >= 4 is 11.7 Å². The molecule has 2 atom stereocenters. The van der Waals surface area contributed by atoms with Crippen LogP contribution in [0.5, 0.6) is 0 Å². The van der Waals surface area contributed by atoms with Crippen molar-refractivity contribution in [2.45, 2.75) is 38.8 Å². The summed E-state index contributed by atoms with van der Waals surface area (Å²) in [6.45, 7) is 3.15. The van der Waals surface area contributed by atoms with Crippen molar-refractivity contribution in [3.63, 3.8) is 0 Å². The Morgan fingerprint density at radius 1 is 1.63 bits per heavy atom. The van der Waals surface area contributed by atoms with Crippen molar-refractivity contribution < 1.29 is 9.53 Å². The predicted octanol–water partition coefficient (Wildman–Crippen LogP) is 0.880. The zero-order valence-electron chi connectivity index (χ0n) is 11.1. The van der Waals surface area contributed by atoms with Crippen LogP contribution in [0.2, 0.25) is 0 Å². The molecule has 1 amide bonds. The van der Waals surface area contributed by atoms with Gasteiger partial charge in [-0.05, 0) is 19.3 Å². The number of amides is 1. The normalized spacial score (nSPS) is 23.0. The summed E-state index contributed by atoms with van der Waals surface area (Å²) in [5.41, 5.74) is 6.45. The van der Waals surface area contributed by atoms with Gasteiger partial charge in [0.2, 0.25) is 5.91 Å². The summed E-state index contributed by atoms with van der Waals surface area (Å²) < 4.78 is 5.63. The zero-order valence-corrected chi connectivity index (χ0v) is 11.1. The van der Waals surface area contributed by atoms with Gasteiger partial charge in [0.05, 0.1) is 12.0 Å². The highest BCUT2D eigenvalue weighted by atomic mass is 16.5. The number of nitrogens with two attached hydrogens (primary N) is 1. The van der Waals surface area contributed by atoms with Gasteiger partial charge in [0.15, 0.2) is 0 Å². The highest BCUT2D eigenvalue weighted by Gasteiger charge is 2.30. The molecule has 1 fully saturated rings. The van der Waals surface area contributed by atoms with Crippen LogP contribution in [-0.4, -0.2) is 28.6 Å². The number of rotatable bonds is 4. The van der Waals surface area contributed by atoms with Crippen LogP contribution in [0.3, 0.4) is 0 Å². The molecule has 1 aliphatic heterocycles. The molecule has 1 aromatic heterocycles. The van der Waals surface area contributed by atoms with E-state index in [0.717, 1.165) is 31.4 Å². The molecule has 0 aromatic carbocycles. The topological polar surface area (TPSA) is 90.1 Å². The molecule has 2 heterocycles. The minimum Gasteiger partial charge on any atom is -0.383 e. The Kier molecular flexibility index (Phi) is 4.68. The summed E-state index contributed by atoms with van der Waals surface area (Å²) in [6, 6.07) is 0. The van der Waals surface area contributed by atoms with Gasteiger partial charge in [0.25, 0.3) is 0 Å². The summed E-state index contributed by atoms with van der Waals surface area (Å²) in [6.07, 6.45) is 5.71. The molecule has 19 heavy (non-hydrogen) atoms. The molecule has 1 aliphatic rings. The first kappa shape index (κ1) is 13.7. The lowest BCUT2D eigenvalue weighted by Gasteiger charge is -2.30. The molecule has 6 nitrogen and oxygen atoms in total. The molecule has 104 valence electrons. The second kappa shape index (κ2) is 6.47. The van der Waals surface area contributed by atoms with Crippen molar-refractivity contribution in [1.29, 1.82) is 0 Å². The third-order valence-electron chi connectivity index (χ3n) is 3.46. The van der Waals surface area contributed by atoms with E-state index in [1.54, 1.807) is 6.20 Å². The highest BCUT2D eigenvalue weighted by molar-refractivity contribution is 5.79. The zero-order chi connectivity index (χ0) is 13.7. The Morgan fingerprint density at radius 2 is 2.47 bits per heavy atom. The van der Waals surface area contributed by atoms with Crippen molar-refractivity contribution in [1.82, 2.24) is 15.3 Å². The lowest BCUT2D eigenvalue weighted by Crippen LogP contribution is -2.41. The third-order valence-corrected chi connectivity index (χ3v) is 3.46. The van der Waals surface area contributed by atoms with Gasteiger partial charge >= 0.3 is 0 Å². The van der Waals surface area contributed by atoms with E-state index in [4.69, 9.17) is 10.5 Å². The van der Waals surface area contributed by atoms with Crippen LogP contribution in [0.15, 0.2) is 12.5 Å². The van der Waals surface area contributed by atoms with Crippen molar-refractivity contribution in [3.8, 4) is 0 Å². The van der Waals surface area contributed by atoms with Gasteiger partial charge in [-0.15, -0.1) is 0 Å². The Hall–Kier alpha value is -1.69. The standard InChI is InChI=1S/C13H20N4O2/c1-2-11-10(4-3-5-19-11)13(18)16-7-9-6-15-8-17-12(9)14/h6,8,10-11H,2-5,7H2,1H3,(H,16,18)(H2,14,15,17)/t10-,11-/m0/s1. The van der Waals surface area contributed by atoms with Gasteiger partial charge in [-0.3, -0.25) is 4.79 Å². The number of hydrogen-bond donors (Lipinski definition) is 2. The maximum absolute atomic E-state index is 12.2. The molecule has 0 aliphatic carbocycles. The largest absolute Gasteiger partial charge is 0.383 e. The van der Waals surface area contributed by atoms with E-state index in [1.807, 2.05) is 6.92 Å². The van der Waals surface area contributed by atoms with E-state index >= 15 is 0 Å². The minimum absolute atomic E-state index is 0.0230. The molecular formula is C13H20N4O2. The molecule has 1 aromatic rings. The van der Waals surface area contributed by atoms with Crippen LogP contribution < -0.4 is 11.1 Å². The van der Waals surface area contributed by atoms with Gasteiger partial charge in [-0.1, -0.05) is 6.92 Å². The van der Waals surface area contributed by atoms with Gasteiger partial charge in [-0.25, -0.2) is 9.97 Å². The van der Waals surface area contributed by atoms with Crippen LogP contribution in [0.1, 0.15) is 31.7 Å². The molecule has 0 spiro atoms. The number of hydrogen-bond acceptors (Lipinski definition) is 5. The van der Waals surface area contributed by atoms with Gasteiger partial charge < -0.3 is 15.8 Å². The third kappa shape index (κ3) is 3.41. The maximum atomic E-state index is 12.2. The van der Waals surface area contributed by atoms with Crippen LogP contribution in [0.4, 0.5) is 5.82 Å². The van der Waals surface area contributed by atoms with E-state index in [2.05, 4.69) is 15.3 Å². The second-order valence-corrected chi connectivity index (χ2v) is 4.72. The van der Waals surface area contributed by atoms with Gasteiger partial charge in [0, 0.05) is 24.9 Å². The van der Waals surface area contributed by atoms with E-state index in [1.165, 1.54) is 6.33 Å². The average Bonchev–Trinajstić information content (AvgIpc) is 2.46. The Labute approximate surface area is 112 Å². The molecule has 0 unspecified atom stereocenters. The Balaban J connectivity index is 1.92. The summed E-state index contributed by atoms with van der Waals surface area (Å²) >= 11 is 0. The molecule has 2 rings (SSSR count). The van der Waals surface area contributed by atoms with Gasteiger partial charge in [0.1, 0.15) is 12.1 Å². The molecule has 1 saturated heterocycles. The predicted molar refractivity (Wildman–Crippen MR) is 71.0 cm³/mol. The maximum Gasteiger partial charge on any atom is 0.226 e. The quantitative estimate of drug-likeness (QED) is 0.842. The number of ether oxygens (including phenoxy) is 1. The Bertz CT molecular complexity index is 438. The number of nitrogens with one attached hydrogen (secondary N) is 1. The fourth-order valence-electron chi connectivity index (χ4n) is 2.36. The number of nitrogen functional groups attached to an aromatic ring is 1. The fraction of sp³-hybridized carbons (Fsp3) is 0.615. The van der Waals surface area contributed by atoms with E-state index in [-0.39, 0.29) is 17.9 Å². The molecule has 6 heteroatoms. The lowest BCUT2D eigenvalue weighted by molar-refractivity contribution is -0.134. The van der Waals surface area contributed by atoms with Crippen molar-refractivity contribution in [2.24, 2.45) is 5.92 Å². The molecule has 0 bridgehead atoms. The van der Waals surface area contributed by atoms with Crippen LogP contribution >= 0.6 is 0 Å². The van der Waals surface area contributed by atoms with Crippen LogP contribution in [-0.2, 0) is 16.1 Å². The van der Waals surface area contributed by atoms with E-state index < -0.39 is 0 Å². The van der Waals surface area contributed by atoms with Crippen molar-refractivity contribution in [2.75, 3.05) is 12.3 Å². The van der Waals surface area contributed by atoms with Gasteiger partial charge in [-0.2, -0.15) is 0 Å². The van der Waals surface area contributed by atoms with Crippen LogP contribution in [0.25, 0.3) is 0 Å². The SMILES string of the molecule is CC[C@@H]1OCCC[C@@H]1C(=O)NCc1cncnc1N.